The standard InChI is InChI=1S/C15H13N3O2/c1-19-13-8-3-2-7-12(13)14-17-15(20-18-14)10-5-4-6-11(16)9-10/h2-9H,16H2,1H3. The number of nitrogens with zero attached hydrogens (tertiary/aromatic N) is 2. The molecule has 0 aliphatic heterocycles. The largest absolute Gasteiger partial charge is 0.496 e. The van der Waals surface area contributed by atoms with Gasteiger partial charge in [0.2, 0.25) is 5.82 Å². The lowest BCUT2D eigenvalue weighted by Gasteiger charge is -2.03. The molecule has 0 saturated heterocycles. The lowest BCUT2D eigenvalue weighted by molar-refractivity contribution is 0.413. The summed E-state index contributed by atoms with van der Waals surface area (Å²) >= 11 is 0. The number of nitrogen functional groups attached to an aromatic ring is 1. The highest BCUT2D eigenvalue weighted by molar-refractivity contribution is 5.66. The molecular formula is C15H13N3O2. The van der Waals surface area contributed by atoms with Gasteiger partial charge in [0.15, 0.2) is 0 Å². The Kier molecular flexibility index (Phi) is 3.09. The van der Waals surface area contributed by atoms with Crippen molar-refractivity contribution in [3.05, 3.63) is 48.5 Å². The first-order valence-corrected chi connectivity index (χ1v) is 6.11. The molecule has 5 heteroatoms. The van der Waals surface area contributed by atoms with Crippen LogP contribution < -0.4 is 10.5 Å². The van der Waals surface area contributed by atoms with Gasteiger partial charge in [-0.05, 0) is 30.3 Å². The highest BCUT2D eigenvalue weighted by Gasteiger charge is 2.13. The zero-order valence-corrected chi connectivity index (χ0v) is 10.9. The van der Waals surface area contributed by atoms with Gasteiger partial charge in [-0.25, -0.2) is 0 Å². The van der Waals surface area contributed by atoms with Crippen molar-refractivity contribution in [3.63, 3.8) is 0 Å². The van der Waals surface area contributed by atoms with Crippen molar-refractivity contribution in [2.24, 2.45) is 0 Å². The third-order valence-electron chi connectivity index (χ3n) is 2.91. The SMILES string of the molecule is COc1ccccc1-c1noc(-c2cccc(N)c2)n1. The van der Waals surface area contributed by atoms with Crippen LogP contribution in [-0.4, -0.2) is 17.3 Å². The van der Waals surface area contributed by atoms with Gasteiger partial charge in [-0.1, -0.05) is 23.4 Å². The molecule has 0 radical (unpaired) electrons. The smallest absolute Gasteiger partial charge is 0.258 e. The summed E-state index contributed by atoms with van der Waals surface area (Å²) in [5.74, 6) is 1.62. The van der Waals surface area contributed by atoms with Crippen molar-refractivity contribution in [2.45, 2.75) is 0 Å². The monoisotopic (exact) mass is 267 g/mol. The van der Waals surface area contributed by atoms with E-state index in [-0.39, 0.29) is 0 Å². The number of hydrogen-bond donors (Lipinski definition) is 1. The van der Waals surface area contributed by atoms with Crippen molar-refractivity contribution >= 4 is 5.69 Å². The number of nitrogens with two attached hydrogens (primary N) is 1. The predicted octanol–water partition coefficient (Wildman–Crippen LogP) is 2.99. The fourth-order valence-corrected chi connectivity index (χ4v) is 1.95. The first-order valence-electron chi connectivity index (χ1n) is 6.11. The summed E-state index contributed by atoms with van der Waals surface area (Å²) in [4.78, 5) is 4.39. The number of anilines is 1. The van der Waals surface area contributed by atoms with Gasteiger partial charge in [0, 0.05) is 11.3 Å². The highest BCUT2D eigenvalue weighted by Crippen LogP contribution is 2.29. The minimum atomic E-state index is 0.429. The molecular weight excluding hydrogens is 254 g/mol. The molecule has 3 aromatic rings. The second-order valence-corrected chi connectivity index (χ2v) is 4.25. The fraction of sp³-hybridized carbons (Fsp3) is 0.0667. The minimum Gasteiger partial charge on any atom is -0.496 e. The molecule has 100 valence electrons. The van der Waals surface area contributed by atoms with Gasteiger partial charge < -0.3 is 15.0 Å². The first-order chi connectivity index (χ1) is 9.78. The molecule has 0 aliphatic rings. The summed E-state index contributed by atoms with van der Waals surface area (Å²) in [6.45, 7) is 0. The maximum absolute atomic E-state index is 5.75. The number of para-hydroxylation sites is 1. The van der Waals surface area contributed by atoms with E-state index in [2.05, 4.69) is 10.1 Å². The molecule has 0 atom stereocenters. The van der Waals surface area contributed by atoms with Crippen molar-refractivity contribution in [3.8, 4) is 28.6 Å². The Hall–Kier alpha value is -2.82. The van der Waals surface area contributed by atoms with Crippen LogP contribution in [0.15, 0.2) is 53.1 Å². The molecule has 1 heterocycles. The molecule has 1 aromatic heterocycles. The molecule has 0 unspecified atom stereocenters. The average molecular weight is 267 g/mol. The summed E-state index contributed by atoms with van der Waals surface area (Å²) < 4.78 is 10.6. The highest BCUT2D eigenvalue weighted by atomic mass is 16.5. The van der Waals surface area contributed by atoms with Crippen LogP contribution in [0.1, 0.15) is 0 Å². The third kappa shape index (κ3) is 2.21. The number of hydrogen-bond acceptors (Lipinski definition) is 5. The first kappa shape index (κ1) is 12.2. The molecule has 0 amide bonds. The van der Waals surface area contributed by atoms with Crippen LogP contribution in [0.2, 0.25) is 0 Å². The fourth-order valence-electron chi connectivity index (χ4n) is 1.95. The molecule has 5 nitrogen and oxygen atoms in total. The van der Waals surface area contributed by atoms with E-state index in [4.69, 9.17) is 15.0 Å². The van der Waals surface area contributed by atoms with Gasteiger partial charge in [0.25, 0.3) is 5.89 Å². The Morgan fingerprint density at radius 1 is 1.10 bits per heavy atom. The average Bonchev–Trinajstić information content (AvgIpc) is 2.97. The Morgan fingerprint density at radius 3 is 2.75 bits per heavy atom. The summed E-state index contributed by atoms with van der Waals surface area (Å²) in [6, 6.07) is 14.8. The van der Waals surface area contributed by atoms with Crippen LogP contribution in [-0.2, 0) is 0 Å². The van der Waals surface area contributed by atoms with E-state index in [1.807, 2.05) is 36.4 Å². The Morgan fingerprint density at radius 2 is 1.95 bits per heavy atom. The summed E-state index contributed by atoms with van der Waals surface area (Å²) in [7, 11) is 1.61. The van der Waals surface area contributed by atoms with Gasteiger partial charge in [-0.2, -0.15) is 4.98 Å². The van der Waals surface area contributed by atoms with Crippen molar-refractivity contribution in [2.75, 3.05) is 12.8 Å². The van der Waals surface area contributed by atoms with Crippen LogP contribution in [0.4, 0.5) is 5.69 Å². The molecule has 2 N–H and O–H groups in total. The normalized spacial score (nSPS) is 10.4. The van der Waals surface area contributed by atoms with Gasteiger partial charge >= 0.3 is 0 Å². The van der Waals surface area contributed by atoms with E-state index in [1.54, 1.807) is 19.2 Å². The third-order valence-corrected chi connectivity index (χ3v) is 2.91. The van der Waals surface area contributed by atoms with Crippen LogP contribution in [0.3, 0.4) is 0 Å². The molecule has 0 aliphatic carbocycles. The minimum absolute atomic E-state index is 0.429. The molecule has 3 rings (SSSR count). The van der Waals surface area contributed by atoms with Crippen LogP contribution in [0, 0.1) is 0 Å². The Bertz CT molecular complexity index is 737. The zero-order valence-electron chi connectivity index (χ0n) is 10.9. The number of ether oxygens (including phenoxy) is 1. The van der Waals surface area contributed by atoms with E-state index >= 15 is 0 Å². The Balaban J connectivity index is 2.02. The zero-order chi connectivity index (χ0) is 13.9. The second kappa shape index (κ2) is 5.05. The summed E-state index contributed by atoms with van der Waals surface area (Å²) in [5.41, 5.74) is 7.98. The quantitative estimate of drug-likeness (QED) is 0.738. The number of benzene rings is 2. The van der Waals surface area contributed by atoms with Crippen molar-refractivity contribution < 1.29 is 9.26 Å². The lowest BCUT2D eigenvalue weighted by Crippen LogP contribution is -1.89. The van der Waals surface area contributed by atoms with Crippen molar-refractivity contribution in [1.82, 2.24) is 10.1 Å². The van der Waals surface area contributed by atoms with E-state index < -0.39 is 0 Å². The van der Waals surface area contributed by atoms with Crippen LogP contribution in [0.5, 0.6) is 5.75 Å². The van der Waals surface area contributed by atoms with Crippen molar-refractivity contribution in [1.29, 1.82) is 0 Å². The molecule has 0 saturated carbocycles. The topological polar surface area (TPSA) is 74.2 Å². The summed E-state index contributed by atoms with van der Waals surface area (Å²) in [5, 5.41) is 3.99. The number of aromatic nitrogens is 2. The van der Waals surface area contributed by atoms with Crippen LogP contribution in [0.25, 0.3) is 22.8 Å². The van der Waals surface area contributed by atoms with Crippen LogP contribution >= 0.6 is 0 Å². The maximum Gasteiger partial charge on any atom is 0.258 e. The second-order valence-electron chi connectivity index (χ2n) is 4.25. The van der Waals surface area contributed by atoms with Gasteiger partial charge in [-0.15, -0.1) is 0 Å². The van der Waals surface area contributed by atoms with Gasteiger partial charge in [0.1, 0.15) is 5.75 Å². The van der Waals surface area contributed by atoms with E-state index in [0.29, 0.717) is 23.2 Å². The van der Waals surface area contributed by atoms with E-state index in [1.165, 1.54) is 0 Å². The molecule has 0 fully saturated rings. The lowest BCUT2D eigenvalue weighted by atomic mass is 10.2. The molecule has 2 aromatic carbocycles. The van der Waals surface area contributed by atoms with E-state index in [0.717, 1.165) is 11.1 Å². The summed E-state index contributed by atoms with van der Waals surface area (Å²) in [6.07, 6.45) is 0. The predicted molar refractivity (Wildman–Crippen MR) is 76.1 cm³/mol. The molecule has 20 heavy (non-hydrogen) atoms. The molecule has 0 bridgehead atoms. The van der Waals surface area contributed by atoms with E-state index in [9.17, 15) is 0 Å². The maximum atomic E-state index is 5.75. The number of methoxy groups -OCH3 is 1. The number of rotatable bonds is 3. The molecule has 0 spiro atoms. The Labute approximate surface area is 116 Å². The van der Waals surface area contributed by atoms with Gasteiger partial charge in [-0.3, -0.25) is 0 Å². The van der Waals surface area contributed by atoms with Gasteiger partial charge in [0.05, 0.1) is 12.7 Å².